The number of methoxy groups -OCH3 is 1. The number of amides is 1. The zero-order valence-electron chi connectivity index (χ0n) is 12.4. The quantitative estimate of drug-likeness (QED) is 0.872. The Labute approximate surface area is 130 Å². The second kappa shape index (κ2) is 6.28. The highest BCUT2D eigenvalue weighted by Crippen LogP contribution is 2.46. The van der Waals surface area contributed by atoms with Crippen molar-refractivity contribution in [1.29, 1.82) is 0 Å². The van der Waals surface area contributed by atoms with E-state index in [1.54, 1.807) is 7.11 Å². The van der Waals surface area contributed by atoms with Crippen LogP contribution < -0.4 is 15.4 Å². The van der Waals surface area contributed by atoms with Gasteiger partial charge in [-0.05, 0) is 30.5 Å². The summed E-state index contributed by atoms with van der Waals surface area (Å²) >= 11 is 1.92. The van der Waals surface area contributed by atoms with E-state index in [2.05, 4.69) is 16.7 Å². The van der Waals surface area contributed by atoms with E-state index in [4.69, 9.17) is 4.74 Å². The summed E-state index contributed by atoms with van der Waals surface area (Å²) in [4.78, 5) is 12.3. The third-order valence-electron chi connectivity index (χ3n) is 4.18. The van der Waals surface area contributed by atoms with Gasteiger partial charge in [0.25, 0.3) is 0 Å². The number of benzene rings is 1. The average molecular weight is 306 g/mol. The molecule has 1 aromatic rings. The van der Waals surface area contributed by atoms with E-state index < -0.39 is 0 Å². The van der Waals surface area contributed by atoms with Crippen molar-refractivity contribution in [3.8, 4) is 5.75 Å². The summed E-state index contributed by atoms with van der Waals surface area (Å²) in [6, 6.07) is 8.33. The number of carbonyl (C=O) groups is 1. The van der Waals surface area contributed by atoms with Gasteiger partial charge in [-0.15, -0.1) is 0 Å². The van der Waals surface area contributed by atoms with Crippen molar-refractivity contribution in [1.82, 2.24) is 10.6 Å². The standard InChI is InChI=1S/C16H22N2O2S/c1-20-14-4-2-3-12(9-14)16(5-6-16)18-15(19)10-13-11-21-8-7-17-13/h2-4,9,13,17H,5-8,10-11H2,1H3,(H,18,19)/t13-/m0/s1. The molecule has 2 fully saturated rings. The van der Waals surface area contributed by atoms with Crippen LogP contribution in [0.4, 0.5) is 0 Å². The number of carbonyl (C=O) groups excluding carboxylic acids is 1. The first kappa shape index (κ1) is 14.7. The molecule has 2 aliphatic rings. The molecule has 0 radical (unpaired) electrons. The molecule has 1 saturated carbocycles. The minimum Gasteiger partial charge on any atom is -0.497 e. The molecule has 1 atom stereocenters. The zero-order valence-corrected chi connectivity index (χ0v) is 13.2. The van der Waals surface area contributed by atoms with Gasteiger partial charge in [-0.1, -0.05) is 12.1 Å². The number of hydrogen-bond acceptors (Lipinski definition) is 4. The highest BCUT2D eigenvalue weighted by atomic mass is 32.2. The van der Waals surface area contributed by atoms with Crippen molar-refractivity contribution in [2.75, 3.05) is 25.2 Å². The van der Waals surface area contributed by atoms with Crippen LogP contribution in [0.2, 0.25) is 0 Å². The number of hydrogen-bond donors (Lipinski definition) is 2. The van der Waals surface area contributed by atoms with Crippen LogP contribution in [-0.2, 0) is 10.3 Å². The minimum atomic E-state index is -0.159. The maximum Gasteiger partial charge on any atom is 0.222 e. The largest absolute Gasteiger partial charge is 0.497 e. The molecule has 5 heteroatoms. The SMILES string of the molecule is COc1cccc(C2(NC(=O)C[C@H]3CSCCN3)CC2)c1. The summed E-state index contributed by atoms with van der Waals surface area (Å²) in [7, 11) is 1.67. The molecule has 4 nitrogen and oxygen atoms in total. The molecule has 0 unspecified atom stereocenters. The third kappa shape index (κ3) is 3.52. The van der Waals surface area contributed by atoms with Crippen LogP contribution >= 0.6 is 11.8 Å². The topological polar surface area (TPSA) is 50.4 Å². The molecule has 1 saturated heterocycles. The molecule has 21 heavy (non-hydrogen) atoms. The molecule has 0 spiro atoms. The van der Waals surface area contributed by atoms with Crippen LogP contribution in [0.5, 0.6) is 5.75 Å². The van der Waals surface area contributed by atoms with E-state index in [0.29, 0.717) is 12.5 Å². The van der Waals surface area contributed by atoms with Crippen LogP contribution in [-0.4, -0.2) is 37.1 Å². The maximum absolute atomic E-state index is 12.3. The summed E-state index contributed by atoms with van der Waals surface area (Å²) < 4.78 is 5.28. The first-order chi connectivity index (χ1) is 10.2. The van der Waals surface area contributed by atoms with Gasteiger partial charge in [-0.25, -0.2) is 0 Å². The van der Waals surface area contributed by atoms with E-state index in [-0.39, 0.29) is 11.4 Å². The summed E-state index contributed by atoms with van der Waals surface area (Å²) in [5, 5.41) is 6.65. The van der Waals surface area contributed by atoms with E-state index in [1.165, 1.54) is 0 Å². The lowest BCUT2D eigenvalue weighted by atomic mass is 10.0. The smallest absolute Gasteiger partial charge is 0.222 e. The Morgan fingerprint density at radius 3 is 3.05 bits per heavy atom. The molecule has 1 aliphatic heterocycles. The molecule has 1 aliphatic carbocycles. The zero-order chi connectivity index (χ0) is 14.7. The lowest BCUT2D eigenvalue weighted by Crippen LogP contribution is -2.43. The van der Waals surface area contributed by atoms with Crippen molar-refractivity contribution in [3.05, 3.63) is 29.8 Å². The Hall–Kier alpha value is -1.20. The lowest BCUT2D eigenvalue weighted by Gasteiger charge is -2.24. The Morgan fingerprint density at radius 2 is 2.38 bits per heavy atom. The molecule has 2 N–H and O–H groups in total. The Balaban J connectivity index is 1.61. The Morgan fingerprint density at radius 1 is 1.52 bits per heavy atom. The molecule has 114 valence electrons. The fourth-order valence-electron chi connectivity index (χ4n) is 2.82. The molecule has 1 aromatic carbocycles. The van der Waals surface area contributed by atoms with Crippen molar-refractivity contribution >= 4 is 17.7 Å². The fourth-order valence-corrected chi connectivity index (χ4v) is 3.77. The molecular formula is C16H22N2O2S. The van der Waals surface area contributed by atoms with Crippen LogP contribution in [0, 0.1) is 0 Å². The number of ether oxygens (including phenoxy) is 1. The predicted molar refractivity (Wildman–Crippen MR) is 85.8 cm³/mol. The van der Waals surface area contributed by atoms with E-state index >= 15 is 0 Å². The van der Waals surface area contributed by atoms with Crippen molar-refractivity contribution < 1.29 is 9.53 Å². The second-order valence-corrected chi connectivity index (χ2v) is 6.94. The van der Waals surface area contributed by atoms with Gasteiger partial charge in [-0.2, -0.15) is 11.8 Å². The van der Waals surface area contributed by atoms with E-state index in [9.17, 15) is 4.79 Å². The predicted octanol–water partition coefficient (Wildman–Crippen LogP) is 1.90. The molecule has 1 amide bonds. The van der Waals surface area contributed by atoms with Crippen LogP contribution in [0.25, 0.3) is 0 Å². The molecule has 0 aromatic heterocycles. The Kier molecular flexibility index (Phi) is 4.40. The number of rotatable bonds is 5. The van der Waals surface area contributed by atoms with E-state index in [0.717, 1.165) is 42.2 Å². The van der Waals surface area contributed by atoms with Gasteiger partial charge >= 0.3 is 0 Å². The highest BCUT2D eigenvalue weighted by Gasteiger charge is 2.45. The summed E-state index contributed by atoms with van der Waals surface area (Å²) in [6.45, 7) is 1.00. The van der Waals surface area contributed by atoms with Gasteiger partial charge in [0.1, 0.15) is 5.75 Å². The minimum absolute atomic E-state index is 0.148. The molecule has 3 rings (SSSR count). The third-order valence-corrected chi connectivity index (χ3v) is 5.31. The van der Waals surface area contributed by atoms with Crippen LogP contribution in [0.15, 0.2) is 24.3 Å². The molecular weight excluding hydrogens is 284 g/mol. The summed E-state index contributed by atoms with van der Waals surface area (Å²) in [5.74, 6) is 3.17. The second-order valence-electron chi connectivity index (χ2n) is 5.79. The highest BCUT2D eigenvalue weighted by molar-refractivity contribution is 7.99. The van der Waals surface area contributed by atoms with Crippen LogP contribution in [0.1, 0.15) is 24.8 Å². The molecule has 0 bridgehead atoms. The maximum atomic E-state index is 12.3. The fraction of sp³-hybridized carbons (Fsp3) is 0.562. The first-order valence-electron chi connectivity index (χ1n) is 7.48. The summed E-state index contributed by atoms with van der Waals surface area (Å²) in [6.07, 6.45) is 2.59. The number of nitrogens with one attached hydrogen (secondary N) is 2. The van der Waals surface area contributed by atoms with E-state index in [1.807, 2.05) is 30.0 Å². The van der Waals surface area contributed by atoms with Crippen molar-refractivity contribution in [2.45, 2.75) is 30.8 Å². The average Bonchev–Trinajstić information content (AvgIpc) is 3.29. The summed E-state index contributed by atoms with van der Waals surface area (Å²) in [5.41, 5.74) is 0.995. The van der Waals surface area contributed by atoms with Gasteiger partial charge < -0.3 is 15.4 Å². The van der Waals surface area contributed by atoms with Crippen molar-refractivity contribution in [2.24, 2.45) is 0 Å². The van der Waals surface area contributed by atoms with Gasteiger partial charge in [0.2, 0.25) is 5.91 Å². The van der Waals surface area contributed by atoms with Gasteiger partial charge in [0, 0.05) is 30.5 Å². The molecule has 1 heterocycles. The van der Waals surface area contributed by atoms with Crippen LogP contribution in [0.3, 0.4) is 0 Å². The monoisotopic (exact) mass is 306 g/mol. The van der Waals surface area contributed by atoms with Gasteiger partial charge in [-0.3, -0.25) is 4.79 Å². The first-order valence-corrected chi connectivity index (χ1v) is 8.64. The van der Waals surface area contributed by atoms with Gasteiger partial charge in [0.05, 0.1) is 12.6 Å². The van der Waals surface area contributed by atoms with Crippen molar-refractivity contribution in [3.63, 3.8) is 0 Å². The number of thioether (sulfide) groups is 1. The lowest BCUT2D eigenvalue weighted by molar-refractivity contribution is -0.122. The normalized spacial score (nSPS) is 23.4. The van der Waals surface area contributed by atoms with Gasteiger partial charge in [0.15, 0.2) is 0 Å². The Bertz CT molecular complexity index is 511.